The summed E-state index contributed by atoms with van der Waals surface area (Å²) in [7, 11) is 0. The Morgan fingerprint density at radius 2 is 1.73 bits per heavy atom. The molecular formula is C26H33N5O2. The third kappa shape index (κ3) is 7.10. The molecule has 3 rings (SSSR count). The van der Waals surface area contributed by atoms with Gasteiger partial charge in [-0.05, 0) is 54.6 Å². The maximum absolute atomic E-state index is 13.1. The molecule has 33 heavy (non-hydrogen) atoms. The van der Waals surface area contributed by atoms with Crippen LogP contribution in [0.5, 0.6) is 0 Å². The second-order valence-electron chi connectivity index (χ2n) is 8.23. The third-order valence-electron chi connectivity index (χ3n) is 5.67. The summed E-state index contributed by atoms with van der Waals surface area (Å²) in [4.78, 5) is 30.2. The summed E-state index contributed by atoms with van der Waals surface area (Å²) in [6.45, 7) is 2.94. The zero-order valence-electron chi connectivity index (χ0n) is 19.1. The molecule has 3 aromatic rings. The van der Waals surface area contributed by atoms with Crippen LogP contribution in [-0.4, -0.2) is 35.4 Å². The third-order valence-corrected chi connectivity index (χ3v) is 5.67. The number of hydrogen-bond acceptors (Lipinski definition) is 5. The zero-order valence-corrected chi connectivity index (χ0v) is 19.1. The number of nitrogens with two attached hydrogens (primary N) is 2. The lowest BCUT2D eigenvalue weighted by molar-refractivity contribution is -0.129. The smallest absolute Gasteiger partial charge is 0.243 e. The van der Waals surface area contributed by atoms with E-state index in [-0.39, 0.29) is 11.8 Å². The van der Waals surface area contributed by atoms with Crippen LogP contribution in [-0.2, 0) is 29.0 Å². The van der Waals surface area contributed by atoms with Crippen molar-refractivity contribution in [2.24, 2.45) is 11.5 Å². The van der Waals surface area contributed by atoms with Crippen LogP contribution in [0.2, 0.25) is 0 Å². The van der Waals surface area contributed by atoms with Gasteiger partial charge in [-0.3, -0.25) is 14.6 Å². The molecule has 6 N–H and O–H groups in total. The van der Waals surface area contributed by atoms with E-state index in [9.17, 15) is 9.59 Å². The first-order valence-electron chi connectivity index (χ1n) is 11.5. The number of fused-ring (bicyclic) bond motifs is 1. The minimum Gasteiger partial charge on any atom is -0.350 e. The van der Waals surface area contributed by atoms with E-state index in [0.717, 1.165) is 28.5 Å². The quantitative estimate of drug-likeness (QED) is 0.359. The number of carbonyl (C=O) groups excluding carboxylic acids is 2. The molecule has 0 aliphatic rings. The summed E-state index contributed by atoms with van der Waals surface area (Å²) >= 11 is 0. The summed E-state index contributed by atoms with van der Waals surface area (Å²) in [6.07, 6.45) is 4.14. The largest absolute Gasteiger partial charge is 0.350 e. The molecule has 2 amide bonds. The van der Waals surface area contributed by atoms with E-state index >= 15 is 0 Å². The van der Waals surface area contributed by atoms with Gasteiger partial charge in [-0.2, -0.15) is 0 Å². The number of nitrogens with one attached hydrogen (secondary N) is 2. The molecule has 174 valence electrons. The highest BCUT2D eigenvalue weighted by molar-refractivity contribution is 5.90. The Morgan fingerprint density at radius 3 is 2.45 bits per heavy atom. The van der Waals surface area contributed by atoms with Crippen molar-refractivity contribution in [3.8, 4) is 0 Å². The molecule has 0 aliphatic carbocycles. The normalized spacial score (nSPS) is 12.8. The van der Waals surface area contributed by atoms with Crippen LogP contribution < -0.4 is 22.1 Å². The highest BCUT2D eigenvalue weighted by Gasteiger charge is 2.24. The van der Waals surface area contributed by atoms with Crippen LogP contribution in [0.15, 0.2) is 60.8 Å². The van der Waals surface area contributed by atoms with Gasteiger partial charge in [0.2, 0.25) is 11.8 Å². The van der Waals surface area contributed by atoms with Crippen molar-refractivity contribution >= 4 is 22.7 Å². The van der Waals surface area contributed by atoms with Crippen LogP contribution in [0, 0.1) is 0 Å². The van der Waals surface area contributed by atoms with Crippen molar-refractivity contribution in [3.63, 3.8) is 0 Å². The molecule has 1 aromatic heterocycles. The maximum Gasteiger partial charge on any atom is 0.243 e. The lowest BCUT2D eigenvalue weighted by Crippen LogP contribution is -2.52. The fourth-order valence-electron chi connectivity index (χ4n) is 3.63. The van der Waals surface area contributed by atoms with E-state index in [1.54, 1.807) is 6.20 Å². The first-order chi connectivity index (χ1) is 16.0. The molecule has 0 saturated carbocycles. The molecule has 0 bridgehead atoms. The van der Waals surface area contributed by atoms with E-state index in [1.807, 2.05) is 42.5 Å². The second-order valence-corrected chi connectivity index (χ2v) is 8.23. The number of aryl methyl sites for hydroxylation is 1. The Morgan fingerprint density at radius 1 is 1.00 bits per heavy atom. The van der Waals surface area contributed by atoms with Gasteiger partial charge in [-0.15, -0.1) is 0 Å². The Kier molecular flexibility index (Phi) is 8.92. The van der Waals surface area contributed by atoms with Crippen molar-refractivity contribution in [3.05, 3.63) is 77.5 Å². The van der Waals surface area contributed by atoms with Crippen LogP contribution in [0.1, 0.15) is 36.5 Å². The van der Waals surface area contributed by atoms with E-state index < -0.39 is 12.1 Å². The first kappa shape index (κ1) is 24.4. The molecule has 1 heterocycles. The van der Waals surface area contributed by atoms with Crippen LogP contribution in [0.3, 0.4) is 0 Å². The maximum atomic E-state index is 13.1. The monoisotopic (exact) mass is 447 g/mol. The molecule has 0 unspecified atom stereocenters. The average molecular weight is 448 g/mol. The van der Waals surface area contributed by atoms with E-state index in [2.05, 4.69) is 34.7 Å². The zero-order chi connectivity index (χ0) is 23.6. The summed E-state index contributed by atoms with van der Waals surface area (Å²) in [5.41, 5.74) is 15.5. The average Bonchev–Trinajstić information content (AvgIpc) is 2.85. The van der Waals surface area contributed by atoms with Gasteiger partial charge in [-0.25, -0.2) is 0 Å². The van der Waals surface area contributed by atoms with Crippen LogP contribution >= 0.6 is 0 Å². The molecular weight excluding hydrogens is 414 g/mol. The Balaban J connectivity index is 1.72. The molecule has 0 radical (unpaired) electrons. The lowest BCUT2D eigenvalue weighted by atomic mass is 10.0. The minimum absolute atomic E-state index is 0.262. The number of para-hydroxylation sites is 1. The van der Waals surface area contributed by atoms with E-state index in [4.69, 9.17) is 11.5 Å². The van der Waals surface area contributed by atoms with Gasteiger partial charge in [0.15, 0.2) is 0 Å². The summed E-state index contributed by atoms with van der Waals surface area (Å²) < 4.78 is 0. The number of aromatic nitrogens is 1. The van der Waals surface area contributed by atoms with E-state index in [1.165, 1.54) is 5.56 Å². The van der Waals surface area contributed by atoms with Gasteiger partial charge in [0.05, 0.1) is 11.6 Å². The lowest BCUT2D eigenvalue weighted by Gasteiger charge is -2.21. The highest BCUT2D eigenvalue weighted by atomic mass is 16.2. The van der Waals surface area contributed by atoms with Crippen LogP contribution in [0.4, 0.5) is 0 Å². The summed E-state index contributed by atoms with van der Waals surface area (Å²) in [5, 5.41) is 6.76. The van der Waals surface area contributed by atoms with Crippen molar-refractivity contribution in [1.29, 1.82) is 0 Å². The Hall–Kier alpha value is -3.29. The van der Waals surface area contributed by atoms with Gasteiger partial charge in [0.25, 0.3) is 0 Å². The Labute approximate surface area is 195 Å². The molecule has 2 atom stereocenters. The minimum atomic E-state index is -0.765. The molecule has 0 fully saturated rings. The molecule has 2 aromatic carbocycles. The number of carbonyl (C=O) groups is 2. The topological polar surface area (TPSA) is 123 Å². The van der Waals surface area contributed by atoms with Gasteiger partial charge in [-0.1, -0.05) is 49.4 Å². The fourth-order valence-corrected chi connectivity index (χ4v) is 3.63. The molecule has 0 saturated heterocycles. The molecule has 0 spiro atoms. The standard InChI is InChI=1S/C26H33N5O2/c1-2-18-9-11-19(12-10-18)16-30-26(33)24(31-25(32)22(28)7-5-13-27)15-20-14-21-6-3-4-8-23(21)29-17-20/h3-4,6,8-12,14,17,22,24H,2,5,7,13,15-16,27-28H2,1H3,(H,30,33)(H,31,32)/t22-,24+/m1/s1. The number of nitrogens with zero attached hydrogens (tertiary/aromatic N) is 1. The fraction of sp³-hybridized carbons (Fsp3) is 0.346. The number of hydrogen-bond donors (Lipinski definition) is 4. The van der Waals surface area contributed by atoms with E-state index in [0.29, 0.717) is 32.4 Å². The SMILES string of the molecule is CCc1ccc(CNC(=O)[C@H](Cc2cnc3ccccc3c2)NC(=O)[C@H](N)CCCN)cc1. The van der Waals surface area contributed by atoms with Crippen LogP contribution in [0.25, 0.3) is 10.9 Å². The predicted octanol–water partition coefficient (Wildman–Crippen LogP) is 2.21. The van der Waals surface area contributed by atoms with Gasteiger partial charge in [0.1, 0.15) is 6.04 Å². The highest BCUT2D eigenvalue weighted by Crippen LogP contribution is 2.14. The molecule has 7 heteroatoms. The molecule has 7 nitrogen and oxygen atoms in total. The van der Waals surface area contributed by atoms with Crippen molar-refractivity contribution in [2.75, 3.05) is 6.54 Å². The number of pyridine rings is 1. The number of benzene rings is 2. The van der Waals surface area contributed by atoms with Gasteiger partial charge >= 0.3 is 0 Å². The Bertz CT molecular complexity index is 1070. The number of rotatable bonds is 11. The summed E-state index contributed by atoms with van der Waals surface area (Å²) in [6, 6.07) is 16.4. The second kappa shape index (κ2) is 12.1. The number of amides is 2. The van der Waals surface area contributed by atoms with Gasteiger partial charge in [0, 0.05) is 24.5 Å². The van der Waals surface area contributed by atoms with Crippen molar-refractivity contribution in [2.45, 2.75) is 51.2 Å². The summed E-state index contributed by atoms with van der Waals surface area (Å²) in [5.74, 6) is -0.619. The van der Waals surface area contributed by atoms with Crippen molar-refractivity contribution in [1.82, 2.24) is 15.6 Å². The first-order valence-corrected chi connectivity index (χ1v) is 11.5. The predicted molar refractivity (Wildman–Crippen MR) is 131 cm³/mol. The van der Waals surface area contributed by atoms with Gasteiger partial charge < -0.3 is 22.1 Å². The van der Waals surface area contributed by atoms with Crippen molar-refractivity contribution < 1.29 is 9.59 Å². The molecule has 0 aliphatic heterocycles.